The highest BCUT2D eigenvalue weighted by Crippen LogP contribution is 2.49. The summed E-state index contributed by atoms with van der Waals surface area (Å²) in [6.07, 6.45) is 6.25. The van der Waals surface area contributed by atoms with Gasteiger partial charge in [0, 0.05) is 6.54 Å². The number of carboxylic acid groups (broad SMARTS) is 1. The second-order valence-electron chi connectivity index (χ2n) is 8.65. The quantitative estimate of drug-likeness (QED) is 0.412. The van der Waals surface area contributed by atoms with Gasteiger partial charge in [0.25, 0.3) is 0 Å². The van der Waals surface area contributed by atoms with Crippen molar-refractivity contribution >= 4 is 29.3 Å². The summed E-state index contributed by atoms with van der Waals surface area (Å²) in [7, 11) is 1.57. The Morgan fingerprint density at radius 2 is 2.14 bits per heavy atom. The van der Waals surface area contributed by atoms with E-state index in [1.165, 1.54) is 0 Å². The van der Waals surface area contributed by atoms with Crippen molar-refractivity contribution in [3.8, 4) is 11.8 Å². The topological polar surface area (TPSA) is 116 Å². The van der Waals surface area contributed by atoms with E-state index < -0.39 is 11.4 Å². The Bertz CT molecular complexity index is 1320. The Labute approximate surface area is 213 Å². The van der Waals surface area contributed by atoms with Crippen LogP contribution < -0.4 is 4.74 Å². The lowest BCUT2D eigenvalue weighted by atomic mass is 9.99. The zero-order valence-corrected chi connectivity index (χ0v) is 20.8. The van der Waals surface area contributed by atoms with Crippen LogP contribution in [0.25, 0.3) is 6.08 Å². The molecule has 8 nitrogen and oxygen atoms in total. The van der Waals surface area contributed by atoms with Crippen molar-refractivity contribution < 1.29 is 19.4 Å². The van der Waals surface area contributed by atoms with Crippen LogP contribution in [0.2, 0.25) is 0 Å². The van der Waals surface area contributed by atoms with Gasteiger partial charge in [-0.2, -0.15) is 5.26 Å². The lowest BCUT2D eigenvalue weighted by molar-refractivity contribution is -0.134. The molecule has 4 rings (SSSR count). The lowest BCUT2D eigenvalue weighted by Crippen LogP contribution is -2.40. The largest absolute Gasteiger partial charge is 0.495 e. The van der Waals surface area contributed by atoms with E-state index >= 15 is 0 Å². The summed E-state index contributed by atoms with van der Waals surface area (Å²) < 4.78 is 5.20. The van der Waals surface area contributed by atoms with Crippen molar-refractivity contribution in [3.05, 3.63) is 81.6 Å². The van der Waals surface area contributed by atoms with Gasteiger partial charge in [-0.15, -0.1) is 11.3 Å². The van der Waals surface area contributed by atoms with E-state index in [9.17, 15) is 20.0 Å². The van der Waals surface area contributed by atoms with E-state index in [-0.39, 0.29) is 23.0 Å². The molecule has 1 amide bonds. The van der Waals surface area contributed by atoms with Gasteiger partial charge >= 0.3 is 5.97 Å². The van der Waals surface area contributed by atoms with Crippen molar-refractivity contribution in [2.75, 3.05) is 13.7 Å². The smallest absolute Gasteiger partial charge is 0.356 e. The number of pyridine rings is 1. The Morgan fingerprint density at radius 3 is 2.72 bits per heavy atom. The van der Waals surface area contributed by atoms with Gasteiger partial charge in [-0.05, 0) is 48.9 Å². The van der Waals surface area contributed by atoms with E-state index in [4.69, 9.17) is 4.74 Å². The molecule has 1 fully saturated rings. The number of aromatic carboxylic acids is 1. The van der Waals surface area contributed by atoms with E-state index in [2.05, 4.69) is 22.6 Å². The Hall–Kier alpha value is -4.03. The summed E-state index contributed by atoms with van der Waals surface area (Å²) in [4.78, 5) is 35.7. The van der Waals surface area contributed by atoms with Crippen LogP contribution in [0.15, 0.2) is 49.2 Å². The molecule has 3 aromatic rings. The molecule has 36 heavy (non-hydrogen) atoms. The van der Waals surface area contributed by atoms with Crippen molar-refractivity contribution in [1.29, 1.82) is 5.26 Å². The number of hydrogen-bond donors (Lipinski definition) is 1. The second-order valence-corrected chi connectivity index (χ2v) is 9.73. The average molecular weight is 503 g/mol. The van der Waals surface area contributed by atoms with Gasteiger partial charge in [-0.1, -0.05) is 36.9 Å². The molecular formula is C27H26N4O4S. The number of carboxylic acids is 1. The van der Waals surface area contributed by atoms with E-state index in [1.54, 1.807) is 30.3 Å². The molecule has 0 unspecified atom stereocenters. The fourth-order valence-corrected chi connectivity index (χ4v) is 5.08. The maximum atomic E-state index is 13.9. The summed E-state index contributed by atoms with van der Waals surface area (Å²) in [5, 5.41) is 19.1. The molecule has 1 saturated carbocycles. The number of benzene rings is 1. The minimum absolute atomic E-state index is 0.0316. The van der Waals surface area contributed by atoms with Crippen LogP contribution >= 0.6 is 11.3 Å². The van der Waals surface area contributed by atoms with E-state index in [0.29, 0.717) is 42.3 Å². The van der Waals surface area contributed by atoms with Gasteiger partial charge in [0.2, 0.25) is 5.91 Å². The second kappa shape index (κ2) is 10.7. The molecule has 184 valence electrons. The first-order valence-electron chi connectivity index (χ1n) is 11.5. The molecule has 0 atom stereocenters. The number of methoxy groups -OCH3 is 1. The van der Waals surface area contributed by atoms with Gasteiger partial charge in [-0.3, -0.25) is 9.78 Å². The molecule has 9 heteroatoms. The molecule has 0 spiro atoms. The third-order valence-corrected chi connectivity index (χ3v) is 7.24. The molecule has 1 N–H and O–H groups in total. The maximum Gasteiger partial charge on any atom is 0.356 e. The molecule has 0 bridgehead atoms. The Morgan fingerprint density at radius 1 is 1.33 bits per heavy atom. The fourth-order valence-electron chi connectivity index (χ4n) is 4.21. The zero-order chi connectivity index (χ0) is 25.7. The molecule has 1 aliphatic carbocycles. The summed E-state index contributed by atoms with van der Waals surface area (Å²) in [6.45, 7) is 4.41. The Kier molecular flexibility index (Phi) is 7.46. The van der Waals surface area contributed by atoms with Gasteiger partial charge in [0.1, 0.15) is 21.7 Å². The molecule has 1 aliphatic rings. The number of ether oxygens (including phenoxy) is 1. The third kappa shape index (κ3) is 5.29. The first-order chi connectivity index (χ1) is 17.4. The number of aryl methyl sites for hydroxylation is 1. The first-order valence-corrected chi connectivity index (χ1v) is 12.4. The molecule has 0 saturated heterocycles. The van der Waals surface area contributed by atoms with Gasteiger partial charge in [0.15, 0.2) is 5.69 Å². The zero-order valence-electron chi connectivity index (χ0n) is 19.9. The normalized spacial score (nSPS) is 13.4. The van der Waals surface area contributed by atoms with Gasteiger partial charge in [-0.25, -0.2) is 9.78 Å². The monoisotopic (exact) mass is 502 g/mol. The summed E-state index contributed by atoms with van der Waals surface area (Å²) in [5.41, 5.74) is 1.90. The molecule has 1 aromatic carbocycles. The predicted molar refractivity (Wildman–Crippen MR) is 136 cm³/mol. The van der Waals surface area contributed by atoms with Crippen LogP contribution in [0.1, 0.15) is 56.5 Å². The third-order valence-electron chi connectivity index (χ3n) is 6.29. The maximum absolute atomic E-state index is 13.9. The van der Waals surface area contributed by atoms with Crippen LogP contribution in [0.4, 0.5) is 0 Å². The van der Waals surface area contributed by atoms with Gasteiger partial charge < -0.3 is 14.7 Å². The fraction of sp³-hybridized carbons (Fsp3) is 0.296. The summed E-state index contributed by atoms with van der Waals surface area (Å²) >= 11 is 1.01. The summed E-state index contributed by atoms with van der Waals surface area (Å²) in [6, 6.07) is 13.6. The van der Waals surface area contributed by atoms with Crippen molar-refractivity contribution in [2.45, 2.75) is 37.6 Å². The van der Waals surface area contributed by atoms with Crippen molar-refractivity contribution in [3.63, 3.8) is 0 Å². The number of amides is 1. The van der Waals surface area contributed by atoms with Crippen molar-refractivity contribution in [1.82, 2.24) is 14.9 Å². The number of nitriles is 1. The van der Waals surface area contributed by atoms with Crippen molar-refractivity contribution in [2.24, 2.45) is 0 Å². The molecule has 0 radical (unpaired) electrons. The number of carbonyl (C=O) groups is 2. The van der Waals surface area contributed by atoms with E-state index in [0.717, 1.165) is 28.9 Å². The SMILES string of the molecule is C=Cc1cccc(CCCN(Cc2nc(C(=O)O)c(C#N)s2)C(=O)C2(c3ccc(OC)cn3)CC2)c1. The minimum atomic E-state index is -1.25. The molecule has 2 heterocycles. The molecule has 2 aromatic heterocycles. The van der Waals surface area contributed by atoms with Crippen LogP contribution in [-0.4, -0.2) is 45.5 Å². The number of carbonyl (C=O) groups excluding carboxylic acids is 1. The highest BCUT2D eigenvalue weighted by Gasteiger charge is 2.54. The van der Waals surface area contributed by atoms with Crippen LogP contribution in [0.3, 0.4) is 0 Å². The van der Waals surface area contributed by atoms with Crippen LogP contribution in [0.5, 0.6) is 5.75 Å². The Balaban J connectivity index is 1.57. The highest BCUT2D eigenvalue weighted by atomic mass is 32.1. The number of hydrogen-bond acceptors (Lipinski definition) is 7. The summed E-state index contributed by atoms with van der Waals surface area (Å²) in [5.74, 6) is -0.700. The van der Waals surface area contributed by atoms with E-state index in [1.807, 2.05) is 30.3 Å². The lowest BCUT2D eigenvalue weighted by Gasteiger charge is -2.27. The standard InChI is InChI=1S/C27H26N4O4S/c1-3-18-6-4-7-19(14-18)8-5-13-31(17-23-30-24(25(32)33)21(15-28)36-23)26(34)27(11-12-27)22-10-9-20(35-2)16-29-22/h3-4,6-7,9-10,14,16H,1,5,8,11-13,17H2,2H3,(H,32,33). The first kappa shape index (κ1) is 25.1. The van der Waals surface area contributed by atoms with Crippen LogP contribution in [0, 0.1) is 11.3 Å². The number of thiazole rings is 1. The highest BCUT2D eigenvalue weighted by molar-refractivity contribution is 7.12. The van der Waals surface area contributed by atoms with Crippen LogP contribution in [-0.2, 0) is 23.2 Å². The number of nitrogens with zero attached hydrogens (tertiary/aromatic N) is 4. The number of rotatable bonds is 11. The number of aromatic nitrogens is 2. The minimum Gasteiger partial charge on any atom is -0.495 e. The van der Waals surface area contributed by atoms with Gasteiger partial charge in [0.05, 0.1) is 31.0 Å². The predicted octanol–water partition coefficient (Wildman–Crippen LogP) is 4.45. The molecular weight excluding hydrogens is 476 g/mol. The average Bonchev–Trinajstić information content (AvgIpc) is 3.61. The molecule has 0 aliphatic heterocycles.